The van der Waals surface area contributed by atoms with Gasteiger partial charge in [-0.15, -0.1) is 0 Å². The quantitative estimate of drug-likeness (QED) is 0.853. The molecule has 1 unspecified atom stereocenters. The Morgan fingerprint density at radius 2 is 2.25 bits per heavy atom. The Bertz CT molecular complexity index is 495. The standard InChI is InChI=1S/C13H18Cl2N4O/c1-18(2)13(20)10-7-16-5-6-19(10)8-9-3-4-11(14)17-12(9)15/h3-4,10,16H,5-8H2,1-2H3. The fourth-order valence-corrected chi connectivity index (χ4v) is 2.66. The molecule has 1 aliphatic heterocycles. The van der Waals surface area contributed by atoms with Crippen LogP contribution in [-0.2, 0) is 11.3 Å². The van der Waals surface area contributed by atoms with E-state index >= 15 is 0 Å². The lowest BCUT2D eigenvalue weighted by atomic mass is 10.1. The van der Waals surface area contributed by atoms with Crippen LogP contribution in [0.15, 0.2) is 12.1 Å². The molecule has 7 heteroatoms. The average Bonchev–Trinajstić information content (AvgIpc) is 2.41. The van der Waals surface area contributed by atoms with Gasteiger partial charge in [0.15, 0.2) is 0 Å². The first-order valence-electron chi connectivity index (χ1n) is 6.46. The fourth-order valence-electron chi connectivity index (χ4n) is 2.25. The van der Waals surface area contributed by atoms with Gasteiger partial charge in [-0.3, -0.25) is 9.69 Å². The molecular formula is C13H18Cl2N4O. The van der Waals surface area contributed by atoms with E-state index in [1.807, 2.05) is 6.07 Å². The van der Waals surface area contributed by atoms with Gasteiger partial charge in [0.2, 0.25) is 5.91 Å². The Morgan fingerprint density at radius 3 is 2.90 bits per heavy atom. The van der Waals surface area contributed by atoms with E-state index in [1.54, 1.807) is 25.1 Å². The highest BCUT2D eigenvalue weighted by molar-refractivity contribution is 6.32. The minimum Gasteiger partial charge on any atom is -0.347 e. The summed E-state index contributed by atoms with van der Waals surface area (Å²) in [5.41, 5.74) is 0.884. The minimum absolute atomic E-state index is 0.0928. The maximum Gasteiger partial charge on any atom is 0.240 e. The van der Waals surface area contributed by atoms with Crippen LogP contribution in [0.2, 0.25) is 10.3 Å². The molecule has 0 radical (unpaired) electrons. The molecule has 20 heavy (non-hydrogen) atoms. The zero-order valence-corrected chi connectivity index (χ0v) is 13.1. The SMILES string of the molecule is CN(C)C(=O)C1CNCCN1Cc1ccc(Cl)nc1Cl. The third-order valence-corrected chi connectivity index (χ3v) is 3.88. The maximum absolute atomic E-state index is 12.2. The van der Waals surface area contributed by atoms with Crippen LogP contribution >= 0.6 is 23.2 Å². The van der Waals surface area contributed by atoms with E-state index in [9.17, 15) is 4.79 Å². The van der Waals surface area contributed by atoms with Gasteiger partial charge in [0, 0.05) is 45.8 Å². The minimum atomic E-state index is -0.175. The van der Waals surface area contributed by atoms with Crippen molar-refractivity contribution in [3.05, 3.63) is 28.0 Å². The molecule has 0 aromatic carbocycles. The van der Waals surface area contributed by atoms with Crippen LogP contribution in [0.3, 0.4) is 0 Å². The van der Waals surface area contributed by atoms with E-state index in [4.69, 9.17) is 23.2 Å². The molecule has 1 aromatic rings. The molecule has 1 aliphatic rings. The van der Waals surface area contributed by atoms with E-state index in [1.165, 1.54) is 0 Å². The van der Waals surface area contributed by atoms with Crippen molar-refractivity contribution < 1.29 is 4.79 Å². The van der Waals surface area contributed by atoms with Crippen molar-refractivity contribution in [3.8, 4) is 0 Å². The van der Waals surface area contributed by atoms with Crippen LogP contribution in [-0.4, -0.2) is 60.5 Å². The van der Waals surface area contributed by atoms with E-state index in [0.717, 1.165) is 18.7 Å². The van der Waals surface area contributed by atoms with Crippen LogP contribution in [0.1, 0.15) is 5.56 Å². The molecule has 0 spiro atoms. The number of hydrogen-bond acceptors (Lipinski definition) is 4. The largest absolute Gasteiger partial charge is 0.347 e. The number of carbonyl (C=O) groups is 1. The Morgan fingerprint density at radius 1 is 1.50 bits per heavy atom. The topological polar surface area (TPSA) is 48.5 Å². The number of hydrogen-bond donors (Lipinski definition) is 1. The number of nitrogens with zero attached hydrogens (tertiary/aromatic N) is 3. The molecule has 1 N–H and O–H groups in total. The van der Waals surface area contributed by atoms with Crippen molar-refractivity contribution in [2.75, 3.05) is 33.7 Å². The van der Waals surface area contributed by atoms with Crippen LogP contribution in [0.4, 0.5) is 0 Å². The van der Waals surface area contributed by atoms with Gasteiger partial charge in [-0.2, -0.15) is 0 Å². The number of carbonyl (C=O) groups excluding carboxylic acids is 1. The number of likely N-dealkylation sites (N-methyl/N-ethyl adjacent to an activating group) is 1. The van der Waals surface area contributed by atoms with Gasteiger partial charge in [0.1, 0.15) is 16.3 Å². The van der Waals surface area contributed by atoms with Crippen LogP contribution < -0.4 is 5.32 Å². The highest BCUT2D eigenvalue weighted by atomic mass is 35.5. The molecule has 0 aliphatic carbocycles. The Labute approximate surface area is 128 Å². The number of nitrogens with one attached hydrogen (secondary N) is 1. The van der Waals surface area contributed by atoms with Gasteiger partial charge in [-0.1, -0.05) is 29.3 Å². The van der Waals surface area contributed by atoms with Gasteiger partial charge < -0.3 is 10.2 Å². The summed E-state index contributed by atoms with van der Waals surface area (Å²) in [6.07, 6.45) is 0. The first-order chi connectivity index (χ1) is 9.49. The summed E-state index contributed by atoms with van der Waals surface area (Å²) >= 11 is 11.9. The summed E-state index contributed by atoms with van der Waals surface area (Å²) in [5, 5.41) is 4.02. The molecule has 1 saturated heterocycles. The van der Waals surface area contributed by atoms with E-state index < -0.39 is 0 Å². The van der Waals surface area contributed by atoms with Crippen molar-refractivity contribution in [2.45, 2.75) is 12.6 Å². The third kappa shape index (κ3) is 3.61. The zero-order valence-electron chi connectivity index (χ0n) is 11.6. The lowest BCUT2D eigenvalue weighted by Gasteiger charge is -2.36. The third-order valence-electron chi connectivity index (χ3n) is 3.35. The maximum atomic E-state index is 12.2. The molecule has 1 aromatic heterocycles. The lowest BCUT2D eigenvalue weighted by molar-refractivity contribution is -0.135. The zero-order chi connectivity index (χ0) is 14.7. The molecule has 1 atom stereocenters. The van der Waals surface area contributed by atoms with E-state index in [-0.39, 0.29) is 11.9 Å². The summed E-state index contributed by atoms with van der Waals surface area (Å²) in [6, 6.07) is 3.40. The van der Waals surface area contributed by atoms with Gasteiger partial charge in [0.05, 0.1) is 0 Å². The fraction of sp³-hybridized carbons (Fsp3) is 0.538. The summed E-state index contributed by atoms with van der Waals surface area (Å²) in [6.45, 7) is 2.89. The van der Waals surface area contributed by atoms with Gasteiger partial charge in [-0.25, -0.2) is 4.98 Å². The van der Waals surface area contributed by atoms with Crippen molar-refractivity contribution in [1.29, 1.82) is 0 Å². The number of aromatic nitrogens is 1. The molecular weight excluding hydrogens is 299 g/mol. The number of rotatable bonds is 3. The monoisotopic (exact) mass is 316 g/mol. The molecule has 1 fully saturated rings. The molecule has 1 amide bonds. The highest BCUT2D eigenvalue weighted by Gasteiger charge is 2.30. The second-order valence-corrected chi connectivity index (χ2v) is 5.75. The van der Waals surface area contributed by atoms with Crippen LogP contribution in [0.5, 0.6) is 0 Å². The predicted molar refractivity (Wildman–Crippen MR) is 80.0 cm³/mol. The molecule has 0 saturated carbocycles. The predicted octanol–water partition coefficient (Wildman–Crippen LogP) is 1.25. The molecule has 110 valence electrons. The van der Waals surface area contributed by atoms with Crippen molar-refractivity contribution in [3.63, 3.8) is 0 Å². The van der Waals surface area contributed by atoms with Crippen LogP contribution in [0, 0.1) is 0 Å². The molecule has 2 rings (SSSR count). The second-order valence-electron chi connectivity index (χ2n) is 5.01. The molecule has 2 heterocycles. The first-order valence-corrected chi connectivity index (χ1v) is 7.21. The Balaban J connectivity index is 2.14. The number of amides is 1. The van der Waals surface area contributed by atoms with Crippen molar-refractivity contribution in [2.24, 2.45) is 0 Å². The molecule has 5 nitrogen and oxygen atoms in total. The number of pyridine rings is 1. The smallest absolute Gasteiger partial charge is 0.240 e. The summed E-state index contributed by atoms with van der Waals surface area (Å²) in [4.78, 5) is 20.0. The number of halogens is 2. The number of piperazine rings is 1. The second kappa shape index (κ2) is 6.72. The van der Waals surface area contributed by atoms with Gasteiger partial charge >= 0.3 is 0 Å². The van der Waals surface area contributed by atoms with E-state index in [0.29, 0.717) is 23.4 Å². The normalized spacial score (nSPS) is 19.9. The Kier molecular flexibility index (Phi) is 5.21. The lowest BCUT2D eigenvalue weighted by Crippen LogP contribution is -2.57. The first kappa shape index (κ1) is 15.5. The summed E-state index contributed by atoms with van der Waals surface area (Å²) < 4.78 is 0. The van der Waals surface area contributed by atoms with Gasteiger partial charge in [-0.05, 0) is 6.07 Å². The van der Waals surface area contributed by atoms with Gasteiger partial charge in [0.25, 0.3) is 0 Å². The van der Waals surface area contributed by atoms with Crippen LogP contribution in [0.25, 0.3) is 0 Å². The summed E-state index contributed by atoms with van der Waals surface area (Å²) in [7, 11) is 3.54. The average molecular weight is 317 g/mol. The van der Waals surface area contributed by atoms with Crippen molar-refractivity contribution in [1.82, 2.24) is 20.1 Å². The van der Waals surface area contributed by atoms with Crippen molar-refractivity contribution >= 4 is 29.1 Å². The van der Waals surface area contributed by atoms with E-state index in [2.05, 4.69) is 15.2 Å². The Hall–Kier alpha value is -0.880. The molecule has 0 bridgehead atoms. The highest BCUT2D eigenvalue weighted by Crippen LogP contribution is 2.20. The summed E-state index contributed by atoms with van der Waals surface area (Å²) in [5.74, 6) is 0.0928.